The zero-order valence-corrected chi connectivity index (χ0v) is 12.4. The molecule has 2 rings (SSSR count). The molecule has 1 aliphatic heterocycles. The molecule has 1 atom stereocenters. The van der Waals surface area contributed by atoms with Gasteiger partial charge in [0, 0.05) is 25.7 Å². The lowest BCUT2D eigenvalue weighted by molar-refractivity contribution is 0.184. The second kappa shape index (κ2) is 6.03. The molecule has 0 saturated carbocycles. The van der Waals surface area contributed by atoms with E-state index in [0.29, 0.717) is 12.6 Å². The van der Waals surface area contributed by atoms with Gasteiger partial charge in [-0.3, -0.25) is 4.90 Å². The van der Waals surface area contributed by atoms with Crippen LogP contribution < -0.4 is 4.72 Å². The molecule has 0 aromatic heterocycles. The van der Waals surface area contributed by atoms with Crippen LogP contribution in [0.25, 0.3) is 0 Å². The maximum absolute atomic E-state index is 11.1. The minimum atomic E-state index is -3.09. The van der Waals surface area contributed by atoms with E-state index in [2.05, 4.69) is 40.8 Å². The van der Waals surface area contributed by atoms with Gasteiger partial charge >= 0.3 is 0 Å². The second-order valence-electron chi connectivity index (χ2n) is 5.08. The van der Waals surface area contributed by atoms with Gasteiger partial charge in [-0.1, -0.05) is 31.2 Å². The first-order valence-corrected chi connectivity index (χ1v) is 8.67. The quantitative estimate of drug-likeness (QED) is 0.891. The summed E-state index contributed by atoms with van der Waals surface area (Å²) < 4.78 is 24.8. The molecule has 0 fully saturated rings. The van der Waals surface area contributed by atoms with Crippen LogP contribution in [0.15, 0.2) is 24.3 Å². The largest absolute Gasteiger partial charge is 0.295 e. The zero-order chi connectivity index (χ0) is 13.9. The van der Waals surface area contributed by atoms with Gasteiger partial charge in [0.1, 0.15) is 0 Å². The lowest BCUT2D eigenvalue weighted by atomic mass is 9.91. The highest BCUT2D eigenvalue weighted by molar-refractivity contribution is 7.88. The highest BCUT2D eigenvalue weighted by Crippen LogP contribution is 2.31. The SMILES string of the molecule is CC[C@@H]1c2ccccc2CCN1CCNS(C)(=O)=O. The molecule has 0 amide bonds. The first-order valence-electron chi connectivity index (χ1n) is 6.77. The van der Waals surface area contributed by atoms with Gasteiger partial charge in [-0.25, -0.2) is 13.1 Å². The fourth-order valence-electron chi connectivity index (χ4n) is 2.82. The topological polar surface area (TPSA) is 49.4 Å². The molecule has 106 valence electrons. The third kappa shape index (κ3) is 3.78. The van der Waals surface area contributed by atoms with Crippen LogP contribution in [-0.2, 0) is 16.4 Å². The predicted molar refractivity (Wildman–Crippen MR) is 77.6 cm³/mol. The van der Waals surface area contributed by atoms with Crippen LogP contribution >= 0.6 is 0 Å². The molecule has 1 heterocycles. The molecule has 0 unspecified atom stereocenters. The number of fused-ring (bicyclic) bond motifs is 1. The minimum Gasteiger partial charge on any atom is -0.295 e. The first kappa shape index (κ1) is 14.5. The van der Waals surface area contributed by atoms with Crippen molar-refractivity contribution in [3.8, 4) is 0 Å². The molecule has 19 heavy (non-hydrogen) atoms. The Bertz CT molecular complexity index is 528. The standard InChI is InChI=1S/C14H22N2O2S/c1-3-14-13-7-5-4-6-12(13)8-10-16(14)11-9-15-19(2,17)18/h4-7,14-15H,3,8-11H2,1-2H3/t14-/m1/s1. The van der Waals surface area contributed by atoms with Crippen molar-refractivity contribution in [1.29, 1.82) is 0 Å². The molecule has 0 saturated heterocycles. The summed E-state index contributed by atoms with van der Waals surface area (Å²) in [6.07, 6.45) is 3.30. The third-order valence-corrected chi connectivity index (χ3v) is 4.40. The molecular formula is C14H22N2O2S. The van der Waals surface area contributed by atoms with Gasteiger partial charge in [-0.15, -0.1) is 0 Å². The Balaban J connectivity index is 2.03. The van der Waals surface area contributed by atoms with E-state index >= 15 is 0 Å². The molecule has 4 nitrogen and oxygen atoms in total. The van der Waals surface area contributed by atoms with Gasteiger partial charge in [-0.2, -0.15) is 0 Å². The van der Waals surface area contributed by atoms with Crippen molar-refractivity contribution >= 4 is 10.0 Å². The number of benzene rings is 1. The number of hydrogen-bond acceptors (Lipinski definition) is 3. The van der Waals surface area contributed by atoms with Gasteiger partial charge in [0.15, 0.2) is 0 Å². The van der Waals surface area contributed by atoms with Crippen molar-refractivity contribution in [2.24, 2.45) is 0 Å². The fourth-order valence-corrected chi connectivity index (χ4v) is 3.29. The first-order chi connectivity index (χ1) is 9.01. The molecule has 0 spiro atoms. The van der Waals surface area contributed by atoms with Crippen LogP contribution in [0.1, 0.15) is 30.5 Å². The average Bonchev–Trinajstić information content (AvgIpc) is 2.37. The summed E-state index contributed by atoms with van der Waals surface area (Å²) in [6.45, 7) is 4.43. The molecule has 0 radical (unpaired) electrons. The van der Waals surface area contributed by atoms with E-state index in [1.807, 2.05) is 0 Å². The maximum Gasteiger partial charge on any atom is 0.208 e. The molecule has 0 bridgehead atoms. The monoisotopic (exact) mass is 282 g/mol. The molecule has 1 N–H and O–H groups in total. The Kier molecular flexibility index (Phi) is 4.60. The summed E-state index contributed by atoms with van der Waals surface area (Å²) >= 11 is 0. The van der Waals surface area contributed by atoms with Crippen molar-refractivity contribution in [2.45, 2.75) is 25.8 Å². The van der Waals surface area contributed by atoms with E-state index in [0.717, 1.165) is 25.9 Å². The number of hydrogen-bond donors (Lipinski definition) is 1. The van der Waals surface area contributed by atoms with E-state index < -0.39 is 10.0 Å². The van der Waals surface area contributed by atoms with Crippen molar-refractivity contribution in [3.63, 3.8) is 0 Å². The Labute approximate surface area is 115 Å². The maximum atomic E-state index is 11.1. The molecule has 0 aliphatic carbocycles. The van der Waals surface area contributed by atoms with Gasteiger partial charge < -0.3 is 0 Å². The van der Waals surface area contributed by atoms with Crippen molar-refractivity contribution in [2.75, 3.05) is 25.9 Å². The number of sulfonamides is 1. The van der Waals surface area contributed by atoms with Crippen molar-refractivity contribution < 1.29 is 8.42 Å². The highest BCUT2D eigenvalue weighted by Gasteiger charge is 2.25. The lowest BCUT2D eigenvalue weighted by Gasteiger charge is -2.37. The van der Waals surface area contributed by atoms with Gasteiger partial charge in [0.25, 0.3) is 0 Å². The number of rotatable bonds is 5. The summed E-state index contributed by atoms with van der Waals surface area (Å²) in [6, 6.07) is 8.97. The Morgan fingerprint density at radius 3 is 2.79 bits per heavy atom. The van der Waals surface area contributed by atoms with Crippen molar-refractivity contribution in [3.05, 3.63) is 35.4 Å². The highest BCUT2D eigenvalue weighted by atomic mass is 32.2. The average molecular weight is 282 g/mol. The predicted octanol–water partition coefficient (Wildman–Crippen LogP) is 1.54. The van der Waals surface area contributed by atoms with Crippen LogP contribution in [0, 0.1) is 0 Å². The fraction of sp³-hybridized carbons (Fsp3) is 0.571. The zero-order valence-electron chi connectivity index (χ0n) is 11.6. The number of nitrogens with zero attached hydrogens (tertiary/aromatic N) is 1. The summed E-state index contributed by atoms with van der Waals surface area (Å²) in [5.74, 6) is 0. The molecular weight excluding hydrogens is 260 g/mol. The summed E-state index contributed by atoms with van der Waals surface area (Å²) in [5.41, 5.74) is 2.83. The van der Waals surface area contributed by atoms with Crippen molar-refractivity contribution in [1.82, 2.24) is 9.62 Å². The lowest BCUT2D eigenvalue weighted by Crippen LogP contribution is -2.40. The van der Waals surface area contributed by atoms with Crippen LogP contribution in [0.3, 0.4) is 0 Å². The smallest absolute Gasteiger partial charge is 0.208 e. The van der Waals surface area contributed by atoms with Crippen LogP contribution in [0.4, 0.5) is 0 Å². The van der Waals surface area contributed by atoms with E-state index in [1.165, 1.54) is 17.4 Å². The van der Waals surface area contributed by atoms with Crippen LogP contribution in [0.5, 0.6) is 0 Å². The Morgan fingerprint density at radius 1 is 1.37 bits per heavy atom. The van der Waals surface area contributed by atoms with E-state index in [4.69, 9.17) is 0 Å². The summed E-state index contributed by atoms with van der Waals surface area (Å²) in [7, 11) is -3.09. The molecule has 1 aliphatic rings. The normalized spacial score (nSPS) is 20.2. The summed E-state index contributed by atoms with van der Waals surface area (Å²) in [4.78, 5) is 2.38. The molecule has 1 aromatic carbocycles. The van der Waals surface area contributed by atoms with Gasteiger partial charge in [-0.05, 0) is 24.0 Å². The number of nitrogens with one attached hydrogen (secondary N) is 1. The van der Waals surface area contributed by atoms with Gasteiger partial charge in [0.2, 0.25) is 10.0 Å². The molecule has 1 aromatic rings. The molecule has 5 heteroatoms. The van der Waals surface area contributed by atoms with Gasteiger partial charge in [0.05, 0.1) is 6.26 Å². The van der Waals surface area contributed by atoms with E-state index in [1.54, 1.807) is 0 Å². The van der Waals surface area contributed by atoms with E-state index in [-0.39, 0.29) is 0 Å². The van der Waals surface area contributed by atoms with E-state index in [9.17, 15) is 8.42 Å². The second-order valence-corrected chi connectivity index (χ2v) is 6.91. The van der Waals surface area contributed by atoms with Crippen LogP contribution in [0.2, 0.25) is 0 Å². The Morgan fingerprint density at radius 2 is 2.11 bits per heavy atom. The summed E-state index contributed by atoms with van der Waals surface area (Å²) in [5, 5.41) is 0. The third-order valence-electron chi connectivity index (χ3n) is 3.67. The van der Waals surface area contributed by atoms with Crippen LogP contribution in [-0.4, -0.2) is 39.2 Å². The minimum absolute atomic E-state index is 0.409. The Hall–Kier alpha value is -0.910.